The second kappa shape index (κ2) is 3.90. The van der Waals surface area contributed by atoms with Gasteiger partial charge in [-0.25, -0.2) is 0 Å². The van der Waals surface area contributed by atoms with E-state index in [0.717, 1.165) is 12.1 Å². The predicted octanol–water partition coefficient (Wildman–Crippen LogP) is -1.20. The van der Waals surface area contributed by atoms with E-state index in [1.165, 1.54) is 0 Å². The second-order valence-corrected chi connectivity index (χ2v) is 2.15. The Balaban J connectivity index is 4.00. The van der Waals surface area contributed by atoms with Crippen molar-refractivity contribution in [1.29, 1.82) is 10.9 Å². The topological polar surface area (TPSA) is 123 Å². The molecule has 0 saturated carbocycles. The Bertz CT molecular complexity index is 615. The molecule has 0 bridgehead atoms. The van der Waals surface area contributed by atoms with Gasteiger partial charge in [-0.15, -0.1) is 5.10 Å². The van der Waals surface area contributed by atoms with Crippen molar-refractivity contribution in [2.24, 2.45) is 15.4 Å². The van der Waals surface area contributed by atoms with Crippen molar-refractivity contribution >= 4 is 0 Å². The Labute approximate surface area is 75.7 Å². The number of benzene rings is 1. The summed E-state index contributed by atoms with van der Waals surface area (Å²) in [5, 5.41) is 18.4. The highest BCUT2D eigenvalue weighted by molar-refractivity contribution is 5.02. The molecule has 0 aliphatic carbocycles. The molecule has 0 radical (unpaired) electrons. The molecule has 8 nitrogen and oxygen atoms in total. The summed E-state index contributed by atoms with van der Waals surface area (Å²) in [6.45, 7) is 0. The quantitative estimate of drug-likeness (QED) is 0.340. The van der Waals surface area contributed by atoms with E-state index in [0.29, 0.717) is 0 Å². The summed E-state index contributed by atoms with van der Waals surface area (Å²) in [6, 6.07) is 1.94. The van der Waals surface area contributed by atoms with Crippen molar-refractivity contribution in [2.75, 3.05) is 0 Å². The van der Waals surface area contributed by atoms with Crippen LogP contribution in [0.2, 0.25) is 0 Å². The summed E-state index contributed by atoms with van der Waals surface area (Å²) in [7, 11) is 0. The zero-order valence-corrected chi connectivity index (χ0v) is 6.71. The van der Waals surface area contributed by atoms with Gasteiger partial charge < -0.3 is 0 Å². The fourth-order valence-corrected chi connectivity index (χ4v) is 0.831. The monoisotopic (exact) mass is 191 g/mol. The molecule has 1 rings (SSSR count). The minimum atomic E-state index is -0.634. The molecule has 0 aliphatic rings. The Morgan fingerprint density at radius 2 is 1.79 bits per heavy atom. The van der Waals surface area contributed by atoms with E-state index in [1.807, 2.05) is 0 Å². The van der Waals surface area contributed by atoms with Gasteiger partial charge in [-0.2, -0.15) is 5.53 Å². The van der Waals surface area contributed by atoms with Crippen molar-refractivity contribution in [3.8, 4) is 0 Å². The molecule has 68 valence electrons. The first-order valence-electron chi connectivity index (χ1n) is 3.34. The van der Waals surface area contributed by atoms with E-state index in [2.05, 4.69) is 20.5 Å². The molecular formula is C6H3N6O2+. The molecular weight excluding hydrogens is 188 g/mol. The second-order valence-electron chi connectivity index (χ2n) is 2.15. The molecule has 0 saturated heterocycles. The van der Waals surface area contributed by atoms with Gasteiger partial charge in [-0.3, -0.25) is 9.59 Å². The van der Waals surface area contributed by atoms with Crippen LogP contribution in [-0.2, 0) is 0 Å². The van der Waals surface area contributed by atoms with Crippen molar-refractivity contribution in [2.45, 2.75) is 0 Å². The number of diazo groups is 1. The Morgan fingerprint density at radius 1 is 1.21 bits per heavy atom. The van der Waals surface area contributed by atoms with Crippen LogP contribution in [0.15, 0.2) is 37.1 Å². The molecule has 0 atom stereocenters. The SMILES string of the molecule is N#[N+]N=c1c(=O)ccc(=O)c1=NN=N. The summed E-state index contributed by atoms with van der Waals surface area (Å²) >= 11 is 0. The van der Waals surface area contributed by atoms with Gasteiger partial charge in [-0.1, -0.05) is 5.22 Å². The molecule has 0 fully saturated rings. The third-order valence-corrected chi connectivity index (χ3v) is 1.37. The number of nitrogens with one attached hydrogen (secondary N) is 1. The van der Waals surface area contributed by atoms with Gasteiger partial charge in [0.05, 0.1) is 0 Å². The molecule has 8 heteroatoms. The summed E-state index contributed by atoms with van der Waals surface area (Å²) < 4.78 is 0. The van der Waals surface area contributed by atoms with E-state index in [9.17, 15) is 9.59 Å². The van der Waals surface area contributed by atoms with Crippen LogP contribution < -0.4 is 21.6 Å². The lowest BCUT2D eigenvalue weighted by molar-refractivity contribution is 0.926. The first kappa shape index (κ1) is 9.53. The average molecular weight is 191 g/mol. The van der Waals surface area contributed by atoms with Crippen molar-refractivity contribution in [1.82, 2.24) is 0 Å². The number of hydrogen-bond acceptors (Lipinski definition) is 6. The van der Waals surface area contributed by atoms with E-state index >= 15 is 0 Å². The minimum absolute atomic E-state index is 0.412. The maximum atomic E-state index is 11.1. The molecule has 14 heavy (non-hydrogen) atoms. The van der Waals surface area contributed by atoms with Crippen LogP contribution in [-0.4, -0.2) is 0 Å². The highest BCUT2D eigenvalue weighted by Gasteiger charge is 2.03. The summed E-state index contributed by atoms with van der Waals surface area (Å²) in [5.41, 5.74) is 5.16. The lowest BCUT2D eigenvalue weighted by atomic mass is 10.3. The van der Waals surface area contributed by atoms with E-state index < -0.39 is 21.6 Å². The largest absolute Gasteiger partial charge is 0.339 e. The molecule has 1 aromatic rings. The molecule has 0 aromatic heterocycles. The third-order valence-electron chi connectivity index (χ3n) is 1.37. The highest BCUT2D eigenvalue weighted by Crippen LogP contribution is 1.62. The van der Waals surface area contributed by atoms with Gasteiger partial charge in [0, 0.05) is 0 Å². The van der Waals surface area contributed by atoms with E-state index in [1.54, 1.807) is 0 Å². The smallest absolute Gasteiger partial charge is 0.287 e. The first-order valence-corrected chi connectivity index (χ1v) is 3.34. The molecule has 0 heterocycles. The maximum Gasteiger partial charge on any atom is 0.339 e. The highest BCUT2D eigenvalue weighted by atomic mass is 16.1. The lowest BCUT2D eigenvalue weighted by Gasteiger charge is -1.77. The summed E-state index contributed by atoms with van der Waals surface area (Å²) in [4.78, 5) is 22.2. The standard InChI is InChI=1S/C6H3N6O2/c7-11-9-5-3(13)1-2-4(14)6(5)10-12-8/h1-2,7H/q+1. The van der Waals surface area contributed by atoms with Crippen LogP contribution in [0.25, 0.3) is 5.08 Å². The number of hydrogen-bond donors (Lipinski definition) is 1. The number of nitrogens with zero attached hydrogens (tertiary/aromatic N) is 5. The summed E-state index contributed by atoms with van der Waals surface area (Å²) in [5.74, 6) is 0. The lowest BCUT2D eigenvalue weighted by Crippen LogP contribution is -2.47. The van der Waals surface area contributed by atoms with Crippen molar-refractivity contribution in [3.63, 3.8) is 0 Å². The van der Waals surface area contributed by atoms with Gasteiger partial charge in [-0.05, 0) is 12.1 Å². The third kappa shape index (κ3) is 1.61. The average Bonchev–Trinajstić information content (AvgIpc) is 2.17. The molecule has 0 aliphatic heterocycles. The predicted molar refractivity (Wildman–Crippen MR) is 42.7 cm³/mol. The molecule has 1 N–H and O–H groups in total. The molecule has 0 unspecified atom stereocenters. The van der Waals surface area contributed by atoms with Crippen LogP contribution in [0.1, 0.15) is 0 Å². The Kier molecular flexibility index (Phi) is 2.66. The van der Waals surface area contributed by atoms with Crippen molar-refractivity contribution in [3.05, 3.63) is 48.4 Å². The zero-order valence-electron chi connectivity index (χ0n) is 6.71. The van der Waals surface area contributed by atoms with Crippen LogP contribution >= 0.6 is 0 Å². The summed E-state index contributed by atoms with van der Waals surface area (Å²) in [6.07, 6.45) is 0. The van der Waals surface area contributed by atoms with Gasteiger partial charge in [0.1, 0.15) is 0 Å². The fraction of sp³-hybridized carbons (Fsp3) is 0. The minimum Gasteiger partial charge on any atom is -0.287 e. The van der Waals surface area contributed by atoms with Gasteiger partial charge in [0.2, 0.25) is 16.2 Å². The Morgan fingerprint density at radius 3 is 2.29 bits per heavy atom. The van der Waals surface area contributed by atoms with E-state index in [4.69, 9.17) is 10.9 Å². The van der Waals surface area contributed by atoms with Crippen LogP contribution in [0.3, 0.4) is 0 Å². The van der Waals surface area contributed by atoms with Gasteiger partial charge in [0.15, 0.2) is 10.5 Å². The van der Waals surface area contributed by atoms with Gasteiger partial charge >= 0.3 is 5.08 Å². The molecule has 0 spiro atoms. The van der Waals surface area contributed by atoms with E-state index in [-0.39, 0.29) is 0 Å². The van der Waals surface area contributed by atoms with Crippen molar-refractivity contribution < 1.29 is 0 Å². The number of rotatable bonds is 1. The van der Waals surface area contributed by atoms with Crippen LogP contribution in [0.5, 0.6) is 0 Å². The van der Waals surface area contributed by atoms with Crippen LogP contribution in [0, 0.1) is 10.9 Å². The van der Waals surface area contributed by atoms with Gasteiger partial charge in [0.25, 0.3) is 5.39 Å². The molecule has 1 aromatic carbocycles. The molecule has 0 amide bonds. The van der Waals surface area contributed by atoms with Crippen LogP contribution in [0.4, 0.5) is 0 Å². The maximum absolute atomic E-state index is 11.1. The first-order chi connectivity index (χ1) is 6.70. The zero-order chi connectivity index (χ0) is 10.6. The fourth-order valence-electron chi connectivity index (χ4n) is 0.831. The normalized spacial score (nSPS) is 12.5. The Hall–Kier alpha value is -2.56.